The summed E-state index contributed by atoms with van der Waals surface area (Å²) in [5.74, 6) is -0.167. The number of rotatable bonds is 2. The average Bonchev–Trinajstić information content (AvgIpc) is 2.68. The van der Waals surface area contributed by atoms with Crippen LogP contribution in [0.1, 0.15) is 23.2 Å². The van der Waals surface area contributed by atoms with Gasteiger partial charge in [-0.2, -0.15) is 0 Å². The fourth-order valence-electron chi connectivity index (χ4n) is 1.60. The third-order valence-corrected chi connectivity index (χ3v) is 2.76. The van der Waals surface area contributed by atoms with Gasteiger partial charge in [0.1, 0.15) is 10.3 Å². The number of pyridine rings is 1. The molecule has 16 heavy (non-hydrogen) atoms. The highest BCUT2D eigenvalue weighted by molar-refractivity contribution is 6.33. The molecule has 3 nitrogen and oxygen atoms in total. The van der Waals surface area contributed by atoms with Gasteiger partial charge in [0.15, 0.2) is 0 Å². The molecule has 0 fully saturated rings. The topological polar surface area (TPSA) is 42.0 Å². The number of carbonyl (C=O) groups excluding carboxylic acids is 1. The van der Waals surface area contributed by atoms with Crippen LogP contribution in [0.25, 0.3) is 0 Å². The monoisotopic (exact) mass is 256 g/mol. The molecule has 0 bridgehead atoms. The summed E-state index contributed by atoms with van der Waals surface area (Å²) in [7, 11) is 0. The van der Waals surface area contributed by atoms with E-state index in [1.165, 1.54) is 12.1 Å². The molecule has 1 amide bonds. The number of amides is 1. The highest BCUT2D eigenvalue weighted by Crippen LogP contribution is 2.16. The van der Waals surface area contributed by atoms with Crippen molar-refractivity contribution < 1.29 is 4.79 Å². The lowest BCUT2D eigenvalue weighted by atomic mass is 10.2. The Hall–Kier alpha value is -1.06. The average molecular weight is 257 g/mol. The first-order chi connectivity index (χ1) is 7.65. The molecule has 1 aliphatic carbocycles. The van der Waals surface area contributed by atoms with E-state index in [1.54, 1.807) is 0 Å². The number of nitrogens with zero attached hydrogens (tertiary/aromatic N) is 1. The Morgan fingerprint density at radius 3 is 2.38 bits per heavy atom. The molecule has 1 aromatic rings. The highest BCUT2D eigenvalue weighted by atomic mass is 35.5. The number of hydrogen-bond acceptors (Lipinski definition) is 2. The lowest BCUT2D eigenvalue weighted by Gasteiger charge is -2.12. The molecule has 0 saturated heterocycles. The Kier molecular flexibility index (Phi) is 3.46. The second-order valence-electron chi connectivity index (χ2n) is 3.61. The normalized spacial score (nSPS) is 15.4. The molecule has 0 saturated carbocycles. The molecule has 0 aliphatic heterocycles. The first kappa shape index (κ1) is 11.4. The highest BCUT2D eigenvalue weighted by Gasteiger charge is 2.15. The molecule has 0 spiro atoms. The van der Waals surface area contributed by atoms with Crippen LogP contribution in [0, 0.1) is 0 Å². The van der Waals surface area contributed by atoms with Gasteiger partial charge in [-0.25, -0.2) is 4.98 Å². The maximum Gasteiger partial charge on any atom is 0.251 e. The predicted octanol–water partition coefficient (Wildman–Crippen LogP) is 2.84. The van der Waals surface area contributed by atoms with Gasteiger partial charge in [0.05, 0.1) is 0 Å². The van der Waals surface area contributed by atoms with E-state index in [0.29, 0.717) is 5.56 Å². The molecule has 1 aromatic heterocycles. The van der Waals surface area contributed by atoms with Crippen LogP contribution in [-0.2, 0) is 0 Å². The molecule has 5 heteroatoms. The lowest BCUT2D eigenvalue weighted by molar-refractivity contribution is 0.0939. The van der Waals surface area contributed by atoms with Crippen LogP contribution in [0.3, 0.4) is 0 Å². The van der Waals surface area contributed by atoms with E-state index in [1.807, 2.05) is 0 Å². The fraction of sp³-hybridized carbons (Fsp3) is 0.273. The van der Waals surface area contributed by atoms with Gasteiger partial charge in [0.25, 0.3) is 5.91 Å². The third kappa shape index (κ3) is 2.74. The van der Waals surface area contributed by atoms with Crippen LogP contribution in [0.15, 0.2) is 24.3 Å². The summed E-state index contributed by atoms with van der Waals surface area (Å²) in [5, 5.41) is 3.35. The third-order valence-electron chi connectivity index (χ3n) is 2.37. The second kappa shape index (κ2) is 4.85. The summed E-state index contributed by atoms with van der Waals surface area (Å²) in [6, 6.07) is 3.19. The van der Waals surface area contributed by atoms with Crippen LogP contribution in [-0.4, -0.2) is 16.9 Å². The van der Waals surface area contributed by atoms with E-state index < -0.39 is 0 Å². The van der Waals surface area contributed by atoms with Crippen molar-refractivity contribution in [1.29, 1.82) is 0 Å². The molecule has 1 heterocycles. The van der Waals surface area contributed by atoms with Gasteiger partial charge < -0.3 is 5.32 Å². The number of carbonyl (C=O) groups is 1. The molecular formula is C11H10Cl2N2O. The number of nitrogens with one attached hydrogen (secondary N) is 1. The largest absolute Gasteiger partial charge is 0.349 e. The van der Waals surface area contributed by atoms with Crippen molar-refractivity contribution in [2.24, 2.45) is 0 Å². The summed E-state index contributed by atoms with van der Waals surface area (Å²) in [5.41, 5.74) is 0.442. The van der Waals surface area contributed by atoms with Gasteiger partial charge in [-0.3, -0.25) is 4.79 Å². The quantitative estimate of drug-likeness (QED) is 0.653. The van der Waals surface area contributed by atoms with Gasteiger partial charge in [-0.05, 0) is 25.0 Å². The minimum absolute atomic E-state index is 0.167. The Labute approximate surface area is 103 Å². The van der Waals surface area contributed by atoms with Crippen LogP contribution < -0.4 is 5.32 Å². The van der Waals surface area contributed by atoms with Crippen molar-refractivity contribution in [1.82, 2.24) is 10.3 Å². The van der Waals surface area contributed by atoms with E-state index in [-0.39, 0.29) is 22.3 Å². The molecule has 0 atom stereocenters. The molecule has 84 valence electrons. The van der Waals surface area contributed by atoms with E-state index in [4.69, 9.17) is 23.2 Å². The van der Waals surface area contributed by atoms with Crippen molar-refractivity contribution in [2.75, 3.05) is 0 Å². The minimum Gasteiger partial charge on any atom is -0.349 e. The molecule has 1 aliphatic rings. The zero-order valence-electron chi connectivity index (χ0n) is 8.41. The molecule has 2 rings (SSSR count). The van der Waals surface area contributed by atoms with E-state index in [2.05, 4.69) is 22.5 Å². The smallest absolute Gasteiger partial charge is 0.251 e. The summed E-state index contributed by atoms with van der Waals surface area (Å²) in [6.45, 7) is 0. The van der Waals surface area contributed by atoms with Gasteiger partial charge >= 0.3 is 0 Å². The molecule has 0 aromatic carbocycles. The first-order valence-electron chi connectivity index (χ1n) is 4.94. The minimum atomic E-state index is -0.167. The summed E-state index contributed by atoms with van der Waals surface area (Å²) in [4.78, 5) is 15.6. The Morgan fingerprint density at radius 2 is 1.81 bits per heavy atom. The maximum atomic E-state index is 11.8. The first-order valence-corrected chi connectivity index (χ1v) is 5.69. The lowest BCUT2D eigenvalue weighted by Crippen LogP contribution is -2.32. The van der Waals surface area contributed by atoms with E-state index in [0.717, 1.165) is 12.8 Å². The summed E-state index contributed by atoms with van der Waals surface area (Å²) in [6.07, 6.45) is 5.85. The van der Waals surface area contributed by atoms with Gasteiger partial charge in [0, 0.05) is 11.6 Å². The summed E-state index contributed by atoms with van der Waals surface area (Å²) >= 11 is 11.4. The van der Waals surface area contributed by atoms with Crippen LogP contribution in [0.5, 0.6) is 0 Å². The zero-order valence-corrected chi connectivity index (χ0v) is 9.92. The van der Waals surface area contributed by atoms with Crippen LogP contribution >= 0.6 is 23.2 Å². The fourth-order valence-corrected chi connectivity index (χ4v) is 2.06. The Balaban J connectivity index is 2.08. The van der Waals surface area contributed by atoms with Crippen molar-refractivity contribution in [3.8, 4) is 0 Å². The SMILES string of the molecule is O=C(NC1CC=CC1)c1cc(Cl)nc(Cl)c1. The molecule has 1 N–H and O–H groups in total. The van der Waals surface area contributed by atoms with E-state index in [9.17, 15) is 4.79 Å². The van der Waals surface area contributed by atoms with Gasteiger partial charge in [-0.1, -0.05) is 35.4 Å². The number of aromatic nitrogens is 1. The number of hydrogen-bond donors (Lipinski definition) is 1. The van der Waals surface area contributed by atoms with Crippen molar-refractivity contribution in [3.63, 3.8) is 0 Å². The van der Waals surface area contributed by atoms with Gasteiger partial charge in [-0.15, -0.1) is 0 Å². The van der Waals surface area contributed by atoms with Crippen LogP contribution in [0.4, 0.5) is 0 Å². The second-order valence-corrected chi connectivity index (χ2v) is 4.39. The van der Waals surface area contributed by atoms with Crippen molar-refractivity contribution in [3.05, 3.63) is 40.2 Å². The Morgan fingerprint density at radius 1 is 1.25 bits per heavy atom. The van der Waals surface area contributed by atoms with Crippen molar-refractivity contribution in [2.45, 2.75) is 18.9 Å². The molecule has 0 radical (unpaired) electrons. The Bertz CT molecular complexity index is 417. The predicted molar refractivity (Wildman–Crippen MR) is 63.9 cm³/mol. The maximum absolute atomic E-state index is 11.8. The standard InChI is InChI=1S/C11H10Cl2N2O/c12-9-5-7(6-10(13)15-9)11(16)14-8-3-1-2-4-8/h1-2,5-6,8H,3-4H2,(H,14,16). The molecule has 0 unspecified atom stereocenters. The van der Waals surface area contributed by atoms with Crippen molar-refractivity contribution >= 4 is 29.1 Å². The van der Waals surface area contributed by atoms with Crippen LogP contribution in [0.2, 0.25) is 10.3 Å². The van der Waals surface area contributed by atoms with E-state index >= 15 is 0 Å². The van der Waals surface area contributed by atoms with Gasteiger partial charge in [0.2, 0.25) is 0 Å². The molecular weight excluding hydrogens is 247 g/mol. The summed E-state index contributed by atoms with van der Waals surface area (Å²) < 4.78 is 0. The number of halogens is 2. The zero-order chi connectivity index (χ0) is 11.5.